The van der Waals surface area contributed by atoms with Gasteiger partial charge in [-0.3, -0.25) is 4.79 Å². The first kappa shape index (κ1) is 22.1. The van der Waals surface area contributed by atoms with Crippen LogP contribution in [-0.4, -0.2) is 17.2 Å². The molecule has 0 saturated heterocycles. The summed E-state index contributed by atoms with van der Waals surface area (Å²) >= 11 is 0. The normalized spacial score (nSPS) is 47.2. The van der Waals surface area contributed by atoms with E-state index in [0.29, 0.717) is 23.7 Å². The summed E-state index contributed by atoms with van der Waals surface area (Å²) in [6.45, 7) is 8.95. The number of alkyl halides is 1. The van der Waals surface area contributed by atoms with Crippen LogP contribution in [0.25, 0.3) is 0 Å². The fraction of sp³-hybridized carbons (Fsp3) is 0.960. The van der Waals surface area contributed by atoms with E-state index in [1.54, 1.807) is 0 Å². The van der Waals surface area contributed by atoms with Crippen molar-refractivity contribution in [3.05, 3.63) is 0 Å². The number of carboxylic acid groups (broad SMARTS) is 1. The van der Waals surface area contributed by atoms with Gasteiger partial charge in [0.1, 0.15) is 6.17 Å². The topological polar surface area (TPSA) is 37.3 Å². The van der Waals surface area contributed by atoms with Gasteiger partial charge in [-0.25, -0.2) is 4.39 Å². The summed E-state index contributed by atoms with van der Waals surface area (Å²) in [5, 5.41) is 8.97. The molecule has 0 spiro atoms. The lowest BCUT2D eigenvalue weighted by Gasteiger charge is -2.61. The molecule has 2 nitrogen and oxygen atoms in total. The molecule has 3 heteroatoms. The van der Waals surface area contributed by atoms with Crippen LogP contribution in [0.1, 0.15) is 105 Å². The van der Waals surface area contributed by atoms with Gasteiger partial charge in [-0.15, -0.1) is 0 Å². The molecule has 0 aromatic heterocycles. The molecule has 4 fully saturated rings. The summed E-state index contributed by atoms with van der Waals surface area (Å²) in [7, 11) is 0. The van der Waals surface area contributed by atoms with E-state index in [2.05, 4.69) is 13.8 Å². The van der Waals surface area contributed by atoms with Crippen LogP contribution < -0.4 is 0 Å². The lowest BCUT2D eigenvalue weighted by atomic mass is 9.44. The number of hydrogen-bond donors (Lipinski definition) is 1. The third kappa shape index (κ3) is 3.65. The first-order valence-corrected chi connectivity index (χ1v) is 12.2. The molecule has 4 aliphatic rings. The molecule has 4 saturated carbocycles. The Kier molecular flexibility index (Phi) is 6.82. The second kappa shape index (κ2) is 8.64. The van der Waals surface area contributed by atoms with E-state index in [1.165, 1.54) is 38.5 Å². The molecule has 8 unspecified atom stereocenters. The Morgan fingerprint density at radius 3 is 2.32 bits per heavy atom. The van der Waals surface area contributed by atoms with Gasteiger partial charge in [0.2, 0.25) is 0 Å². The summed E-state index contributed by atoms with van der Waals surface area (Å²) in [6.07, 6.45) is 12.3. The number of rotatable bonds is 4. The fourth-order valence-electron chi connectivity index (χ4n) is 8.41. The van der Waals surface area contributed by atoms with Gasteiger partial charge in [0, 0.05) is 6.42 Å². The van der Waals surface area contributed by atoms with Crippen molar-refractivity contribution in [3.63, 3.8) is 0 Å². The highest BCUT2D eigenvalue weighted by molar-refractivity contribution is 5.66. The lowest BCUT2D eigenvalue weighted by molar-refractivity contribution is -0.137. The van der Waals surface area contributed by atoms with E-state index in [0.717, 1.165) is 49.9 Å². The summed E-state index contributed by atoms with van der Waals surface area (Å²) in [5.41, 5.74) is 0.649. The van der Waals surface area contributed by atoms with Crippen LogP contribution in [-0.2, 0) is 4.79 Å². The van der Waals surface area contributed by atoms with E-state index < -0.39 is 12.1 Å². The number of carbonyl (C=O) groups is 1. The third-order valence-corrected chi connectivity index (χ3v) is 9.71. The Bertz CT molecular complexity index is 549. The zero-order valence-electron chi connectivity index (χ0n) is 18.7. The molecule has 0 bridgehead atoms. The van der Waals surface area contributed by atoms with Crippen molar-refractivity contribution in [3.8, 4) is 0 Å². The fourth-order valence-corrected chi connectivity index (χ4v) is 8.41. The van der Waals surface area contributed by atoms with Crippen LogP contribution in [0.15, 0.2) is 0 Å². The van der Waals surface area contributed by atoms with E-state index in [1.807, 2.05) is 13.8 Å². The van der Waals surface area contributed by atoms with Crippen LogP contribution in [0, 0.1) is 40.4 Å². The molecule has 0 radical (unpaired) electrons. The minimum atomic E-state index is -0.655. The largest absolute Gasteiger partial charge is 0.481 e. The second-order valence-electron chi connectivity index (χ2n) is 10.6. The first-order valence-electron chi connectivity index (χ1n) is 12.2. The zero-order chi connectivity index (χ0) is 20.5. The second-order valence-corrected chi connectivity index (χ2v) is 10.6. The molecule has 8 atom stereocenters. The van der Waals surface area contributed by atoms with Crippen molar-refractivity contribution < 1.29 is 14.3 Å². The SMILES string of the molecule is CC.CC12CCC3C(CCC4C(F)CCCC43C)C1CCC2CCCC(=O)O. The van der Waals surface area contributed by atoms with Crippen molar-refractivity contribution in [1.29, 1.82) is 0 Å². The summed E-state index contributed by atoms with van der Waals surface area (Å²) < 4.78 is 14.7. The van der Waals surface area contributed by atoms with Gasteiger partial charge >= 0.3 is 5.97 Å². The average molecular weight is 395 g/mol. The van der Waals surface area contributed by atoms with Crippen molar-refractivity contribution in [2.45, 2.75) is 111 Å². The van der Waals surface area contributed by atoms with E-state index in [4.69, 9.17) is 5.11 Å². The predicted molar refractivity (Wildman–Crippen MR) is 113 cm³/mol. The van der Waals surface area contributed by atoms with Gasteiger partial charge in [0.15, 0.2) is 0 Å². The van der Waals surface area contributed by atoms with Crippen LogP contribution in [0.4, 0.5) is 4.39 Å². The Balaban J connectivity index is 0.00000109. The molecule has 0 aromatic rings. The molecular weight excluding hydrogens is 351 g/mol. The number of carboxylic acids is 1. The summed E-state index contributed by atoms with van der Waals surface area (Å²) in [4.78, 5) is 10.9. The van der Waals surface area contributed by atoms with Crippen LogP contribution in [0.2, 0.25) is 0 Å². The van der Waals surface area contributed by atoms with E-state index in [-0.39, 0.29) is 5.41 Å². The standard InChI is InChI=1S/C23H37FO2.C2H6/c1-22-14-12-18-16(9-11-19-20(24)6-4-13-23(18,19)2)17(22)10-8-15(22)5-3-7-21(25)26;1-2/h15-20H,3-14H2,1-2H3,(H,25,26);1-2H3. The molecule has 0 aliphatic heterocycles. The molecule has 0 heterocycles. The highest BCUT2D eigenvalue weighted by Gasteiger charge is 2.60. The van der Waals surface area contributed by atoms with E-state index in [9.17, 15) is 9.18 Å². The van der Waals surface area contributed by atoms with Crippen molar-refractivity contribution in [2.75, 3.05) is 0 Å². The van der Waals surface area contributed by atoms with Crippen LogP contribution >= 0.6 is 0 Å². The number of aliphatic carboxylic acids is 1. The van der Waals surface area contributed by atoms with Gasteiger partial charge in [-0.1, -0.05) is 27.7 Å². The van der Waals surface area contributed by atoms with E-state index >= 15 is 0 Å². The maximum Gasteiger partial charge on any atom is 0.303 e. The van der Waals surface area contributed by atoms with Crippen molar-refractivity contribution >= 4 is 5.97 Å². The Morgan fingerprint density at radius 1 is 0.929 bits per heavy atom. The summed E-state index contributed by atoms with van der Waals surface area (Å²) in [6, 6.07) is 0. The lowest BCUT2D eigenvalue weighted by Crippen LogP contribution is -2.54. The van der Waals surface area contributed by atoms with Crippen molar-refractivity contribution in [1.82, 2.24) is 0 Å². The maximum atomic E-state index is 14.7. The minimum Gasteiger partial charge on any atom is -0.481 e. The molecule has 4 rings (SSSR count). The maximum absolute atomic E-state index is 14.7. The minimum absolute atomic E-state index is 0.239. The van der Waals surface area contributed by atoms with Gasteiger partial charge in [0.05, 0.1) is 0 Å². The molecule has 4 aliphatic carbocycles. The zero-order valence-corrected chi connectivity index (χ0v) is 18.7. The molecule has 162 valence electrons. The third-order valence-electron chi connectivity index (χ3n) is 9.71. The first-order chi connectivity index (χ1) is 13.4. The quantitative estimate of drug-likeness (QED) is 0.544. The molecule has 1 N–H and O–H groups in total. The molecule has 0 aromatic carbocycles. The van der Waals surface area contributed by atoms with Gasteiger partial charge < -0.3 is 5.11 Å². The number of hydrogen-bond acceptors (Lipinski definition) is 1. The average Bonchev–Trinajstić information content (AvgIpc) is 3.00. The number of halogens is 1. The Labute approximate surface area is 172 Å². The Hall–Kier alpha value is -0.600. The van der Waals surface area contributed by atoms with Gasteiger partial charge in [-0.2, -0.15) is 0 Å². The molecule has 0 amide bonds. The highest BCUT2D eigenvalue weighted by atomic mass is 19.1. The summed E-state index contributed by atoms with van der Waals surface area (Å²) in [5.74, 6) is 2.69. The van der Waals surface area contributed by atoms with Crippen LogP contribution in [0.5, 0.6) is 0 Å². The molecule has 28 heavy (non-hydrogen) atoms. The smallest absolute Gasteiger partial charge is 0.303 e. The van der Waals surface area contributed by atoms with Gasteiger partial charge in [-0.05, 0) is 111 Å². The number of fused-ring (bicyclic) bond motifs is 5. The van der Waals surface area contributed by atoms with Crippen molar-refractivity contribution in [2.24, 2.45) is 40.4 Å². The monoisotopic (exact) mass is 394 g/mol. The van der Waals surface area contributed by atoms with Crippen LogP contribution in [0.3, 0.4) is 0 Å². The Morgan fingerprint density at radius 2 is 1.61 bits per heavy atom. The highest BCUT2D eigenvalue weighted by Crippen LogP contribution is 2.68. The molecular formula is C25H43FO2. The van der Waals surface area contributed by atoms with Gasteiger partial charge in [0.25, 0.3) is 0 Å². The predicted octanol–water partition coefficient (Wildman–Crippen LogP) is 7.26.